The van der Waals surface area contributed by atoms with Crippen LogP contribution in [0, 0.1) is 10.1 Å². The average Bonchev–Trinajstić information content (AvgIpc) is 2.46. The summed E-state index contributed by atoms with van der Waals surface area (Å²) in [5.41, 5.74) is 0.580. The van der Waals surface area contributed by atoms with Crippen LogP contribution < -0.4 is 5.32 Å². The summed E-state index contributed by atoms with van der Waals surface area (Å²) in [6.45, 7) is -0.0649. The van der Waals surface area contributed by atoms with Gasteiger partial charge in [-0.1, -0.05) is 41.4 Å². The van der Waals surface area contributed by atoms with Gasteiger partial charge in [0, 0.05) is 17.7 Å². The van der Waals surface area contributed by atoms with Crippen LogP contribution in [0.2, 0.25) is 10.0 Å². The fourth-order valence-electron chi connectivity index (χ4n) is 1.73. The Labute approximate surface area is 130 Å². The molecule has 2 aromatic rings. The third-order valence-electron chi connectivity index (χ3n) is 2.77. The van der Waals surface area contributed by atoms with E-state index in [0.717, 1.165) is 0 Å². The van der Waals surface area contributed by atoms with Crippen LogP contribution in [0.4, 0.5) is 11.4 Å². The molecule has 0 atom stereocenters. The molecule has 0 saturated heterocycles. The van der Waals surface area contributed by atoms with Crippen LogP contribution in [-0.2, 0) is 0 Å². The zero-order chi connectivity index (χ0) is 15.4. The number of rotatable bonds is 5. The number of carbonyl (C=O) groups excluding carboxylic acids is 1. The van der Waals surface area contributed by atoms with Gasteiger partial charge in [0.1, 0.15) is 0 Å². The average molecular weight is 325 g/mol. The molecule has 0 fully saturated rings. The molecule has 0 aromatic heterocycles. The van der Waals surface area contributed by atoms with Gasteiger partial charge >= 0.3 is 0 Å². The number of ketones is 1. The molecule has 7 heteroatoms. The molecule has 0 aliphatic carbocycles. The third-order valence-corrected chi connectivity index (χ3v) is 3.40. The molecule has 0 amide bonds. The van der Waals surface area contributed by atoms with E-state index in [1.807, 2.05) is 0 Å². The van der Waals surface area contributed by atoms with Gasteiger partial charge in [0.25, 0.3) is 5.69 Å². The van der Waals surface area contributed by atoms with E-state index in [0.29, 0.717) is 15.7 Å². The summed E-state index contributed by atoms with van der Waals surface area (Å²) in [5, 5.41) is 14.3. The van der Waals surface area contributed by atoms with Crippen molar-refractivity contribution in [1.82, 2.24) is 0 Å². The van der Waals surface area contributed by atoms with E-state index >= 15 is 0 Å². The van der Waals surface area contributed by atoms with Crippen molar-refractivity contribution >= 4 is 40.4 Å². The Balaban J connectivity index is 2.12. The molecule has 0 radical (unpaired) electrons. The molecule has 21 heavy (non-hydrogen) atoms. The zero-order valence-corrected chi connectivity index (χ0v) is 12.2. The van der Waals surface area contributed by atoms with Crippen molar-refractivity contribution in [3.8, 4) is 0 Å². The Morgan fingerprint density at radius 3 is 2.38 bits per heavy atom. The van der Waals surface area contributed by atoms with Crippen molar-refractivity contribution in [2.75, 3.05) is 11.9 Å². The number of halogens is 2. The maximum atomic E-state index is 12.0. The van der Waals surface area contributed by atoms with E-state index in [1.54, 1.807) is 18.2 Å². The van der Waals surface area contributed by atoms with Crippen LogP contribution in [0.3, 0.4) is 0 Å². The van der Waals surface area contributed by atoms with Crippen molar-refractivity contribution in [3.63, 3.8) is 0 Å². The van der Waals surface area contributed by atoms with Crippen LogP contribution >= 0.6 is 23.2 Å². The molecule has 0 aliphatic rings. The van der Waals surface area contributed by atoms with Gasteiger partial charge in [0.05, 0.1) is 27.2 Å². The lowest BCUT2D eigenvalue weighted by Crippen LogP contribution is -2.14. The van der Waals surface area contributed by atoms with Gasteiger partial charge in [-0.25, -0.2) is 0 Å². The van der Waals surface area contributed by atoms with Crippen LogP contribution in [0.1, 0.15) is 10.4 Å². The minimum atomic E-state index is -0.546. The number of hydrogen-bond donors (Lipinski definition) is 1. The first-order chi connectivity index (χ1) is 9.99. The van der Waals surface area contributed by atoms with Gasteiger partial charge in [-0.2, -0.15) is 0 Å². The highest BCUT2D eigenvalue weighted by Crippen LogP contribution is 2.29. The number of non-ortho nitro benzene ring substituents is 1. The fourth-order valence-corrected chi connectivity index (χ4v) is 2.26. The number of nitro benzene ring substituents is 1. The van der Waals surface area contributed by atoms with E-state index in [2.05, 4.69) is 5.32 Å². The third kappa shape index (κ3) is 3.71. The number of para-hydroxylation sites is 1. The lowest BCUT2D eigenvalue weighted by atomic mass is 10.1. The number of anilines is 1. The largest absolute Gasteiger partial charge is 0.375 e. The number of nitro groups is 1. The number of carbonyl (C=O) groups is 1. The van der Waals surface area contributed by atoms with Crippen molar-refractivity contribution in [3.05, 3.63) is 68.2 Å². The quantitative estimate of drug-likeness (QED) is 0.508. The predicted octanol–water partition coefficient (Wildman–Crippen LogP) is 4.20. The summed E-state index contributed by atoms with van der Waals surface area (Å²) in [5.74, 6) is -0.297. The molecule has 2 rings (SSSR count). The van der Waals surface area contributed by atoms with Crippen LogP contribution in [0.15, 0.2) is 42.5 Å². The number of nitrogens with zero attached hydrogens (tertiary/aromatic N) is 1. The van der Waals surface area contributed by atoms with E-state index < -0.39 is 4.92 Å². The normalized spacial score (nSPS) is 10.2. The highest BCUT2D eigenvalue weighted by molar-refractivity contribution is 6.39. The molecule has 0 saturated carbocycles. The van der Waals surface area contributed by atoms with Crippen molar-refractivity contribution in [2.45, 2.75) is 0 Å². The Morgan fingerprint density at radius 1 is 1.14 bits per heavy atom. The molecule has 0 aliphatic heterocycles. The summed E-state index contributed by atoms with van der Waals surface area (Å²) in [4.78, 5) is 22.2. The predicted molar refractivity (Wildman–Crippen MR) is 82.4 cm³/mol. The van der Waals surface area contributed by atoms with Gasteiger partial charge in [-0.3, -0.25) is 14.9 Å². The van der Waals surface area contributed by atoms with Gasteiger partial charge in [0.15, 0.2) is 5.78 Å². The van der Waals surface area contributed by atoms with Crippen molar-refractivity contribution < 1.29 is 9.72 Å². The minimum absolute atomic E-state index is 0.0649. The topological polar surface area (TPSA) is 72.2 Å². The van der Waals surface area contributed by atoms with Crippen molar-refractivity contribution in [2.24, 2.45) is 0 Å². The number of Topliss-reactive ketones (excluding diaryl/α,β-unsaturated/α-hetero) is 1. The van der Waals surface area contributed by atoms with E-state index in [1.165, 1.54) is 24.3 Å². The summed E-state index contributed by atoms with van der Waals surface area (Å²) in [7, 11) is 0. The maximum Gasteiger partial charge on any atom is 0.270 e. The lowest BCUT2D eigenvalue weighted by molar-refractivity contribution is -0.384. The summed E-state index contributed by atoms with van der Waals surface area (Å²) in [6.07, 6.45) is 0. The molecule has 2 aromatic carbocycles. The molecule has 0 spiro atoms. The Bertz CT molecular complexity index is 684. The minimum Gasteiger partial charge on any atom is -0.375 e. The number of nitrogens with one attached hydrogen (secondary N) is 1. The molecule has 0 heterocycles. The first-order valence-corrected chi connectivity index (χ1v) is 6.70. The molecule has 0 bridgehead atoms. The molecule has 1 N–H and O–H groups in total. The smallest absolute Gasteiger partial charge is 0.270 e. The fraction of sp³-hybridized carbons (Fsp3) is 0.0714. The van der Waals surface area contributed by atoms with Crippen LogP contribution in [0.5, 0.6) is 0 Å². The Morgan fingerprint density at radius 2 is 1.76 bits per heavy atom. The maximum absolute atomic E-state index is 12.0. The zero-order valence-electron chi connectivity index (χ0n) is 10.7. The monoisotopic (exact) mass is 324 g/mol. The Hall–Kier alpha value is -2.11. The summed E-state index contributed by atoms with van der Waals surface area (Å²) >= 11 is 12.0. The molecule has 5 nitrogen and oxygen atoms in total. The summed E-state index contributed by atoms with van der Waals surface area (Å²) in [6, 6.07) is 10.5. The highest BCUT2D eigenvalue weighted by Gasteiger charge is 2.12. The molecular weight excluding hydrogens is 315 g/mol. The Kier molecular flexibility index (Phi) is 4.77. The highest BCUT2D eigenvalue weighted by atomic mass is 35.5. The molecular formula is C14H10Cl2N2O3. The van der Waals surface area contributed by atoms with Crippen molar-refractivity contribution in [1.29, 1.82) is 0 Å². The second-order valence-electron chi connectivity index (χ2n) is 4.18. The van der Waals surface area contributed by atoms with Gasteiger partial charge < -0.3 is 5.32 Å². The first-order valence-electron chi connectivity index (χ1n) is 5.94. The van der Waals surface area contributed by atoms with Crippen LogP contribution in [0.25, 0.3) is 0 Å². The lowest BCUT2D eigenvalue weighted by Gasteiger charge is -2.09. The standard InChI is InChI=1S/C14H10Cl2N2O3/c15-11-5-2-6-12(16)14(11)17-8-13(19)9-3-1-4-10(7-9)18(20)21/h1-7,17H,8H2. The van der Waals surface area contributed by atoms with E-state index in [9.17, 15) is 14.9 Å². The number of benzene rings is 2. The first kappa shape index (κ1) is 15.3. The molecule has 108 valence electrons. The second-order valence-corrected chi connectivity index (χ2v) is 5.00. The SMILES string of the molecule is O=C(CNc1c(Cl)cccc1Cl)c1cccc([N+](=O)[O-])c1. The van der Waals surface area contributed by atoms with Gasteiger partial charge in [0.2, 0.25) is 0 Å². The molecule has 0 unspecified atom stereocenters. The second kappa shape index (κ2) is 6.56. The van der Waals surface area contributed by atoms with Gasteiger partial charge in [-0.15, -0.1) is 0 Å². The van der Waals surface area contributed by atoms with E-state index in [-0.39, 0.29) is 23.6 Å². The number of hydrogen-bond acceptors (Lipinski definition) is 4. The summed E-state index contributed by atoms with van der Waals surface area (Å²) < 4.78 is 0. The van der Waals surface area contributed by atoms with Gasteiger partial charge in [-0.05, 0) is 12.1 Å². The van der Waals surface area contributed by atoms with E-state index in [4.69, 9.17) is 23.2 Å². The van der Waals surface area contributed by atoms with Crippen LogP contribution in [-0.4, -0.2) is 17.3 Å².